The average Bonchev–Trinajstić information content (AvgIpc) is 3.21. The number of aromatic nitrogens is 1. The van der Waals surface area contributed by atoms with Gasteiger partial charge in [-0.25, -0.2) is 0 Å². The Balaban J connectivity index is 1.53. The first kappa shape index (κ1) is 18.8. The van der Waals surface area contributed by atoms with Gasteiger partial charge < -0.3 is 24.3 Å². The molecule has 0 bridgehead atoms. The van der Waals surface area contributed by atoms with Gasteiger partial charge in [0, 0.05) is 50.2 Å². The minimum atomic E-state index is 0.0381. The van der Waals surface area contributed by atoms with Gasteiger partial charge >= 0.3 is 0 Å². The Bertz CT molecular complexity index is 781. The molecule has 0 radical (unpaired) electrons. The van der Waals surface area contributed by atoms with Crippen molar-refractivity contribution in [3.63, 3.8) is 0 Å². The summed E-state index contributed by atoms with van der Waals surface area (Å²) in [5.41, 5.74) is 1.80. The van der Waals surface area contributed by atoms with Crippen LogP contribution in [0.15, 0.2) is 36.7 Å². The number of benzene rings is 1. The minimum Gasteiger partial charge on any atom is -0.497 e. The molecule has 27 heavy (non-hydrogen) atoms. The molecule has 1 saturated heterocycles. The van der Waals surface area contributed by atoms with Crippen LogP contribution in [0.25, 0.3) is 0 Å². The lowest BCUT2D eigenvalue weighted by Gasteiger charge is -2.35. The van der Waals surface area contributed by atoms with E-state index < -0.39 is 0 Å². The first-order chi connectivity index (χ1) is 13.1. The number of H-pyrrole nitrogens is 1. The Morgan fingerprint density at radius 2 is 1.63 bits per heavy atom. The number of carbonyl (C=O) groups is 2. The highest BCUT2D eigenvalue weighted by Gasteiger charge is 2.24. The van der Waals surface area contributed by atoms with Crippen molar-refractivity contribution in [1.29, 1.82) is 0 Å². The molecule has 2 heterocycles. The second-order valence-electron chi connectivity index (χ2n) is 6.51. The van der Waals surface area contributed by atoms with Gasteiger partial charge in [0.05, 0.1) is 27.1 Å². The number of rotatable bonds is 6. The molecule has 1 fully saturated rings. The van der Waals surface area contributed by atoms with E-state index in [0.717, 1.165) is 11.1 Å². The van der Waals surface area contributed by atoms with Crippen LogP contribution < -0.4 is 9.47 Å². The highest BCUT2D eigenvalue weighted by molar-refractivity contribution is 5.81. The van der Waals surface area contributed by atoms with Crippen molar-refractivity contribution in [1.82, 2.24) is 14.8 Å². The van der Waals surface area contributed by atoms with Crippen molar-refractivity contribution in [3.05, 3.63) is 47.8 Å². The number of hydrogen-bond acceptors (Lipinski definition) is 4. The molecule has 1 aliphatic heterocycles. The van der Waals surface area contributed by atoms with Crippen molar-refractivity contribution >= 4 is 11.8 Å². The summed E-state index contributed by atoms with van der Waals surface area (Å²) in [7, 11) is 3.17. The number of piperazine rings is 1. The van der Waals surface area contributed by atoms with Gasteiger partial charge in [-0.15, -0.1) is 0 Å². The van der Waals surface area contributed by atoms with Gasteiger partial charge in [-0.3, -0.25) is 9.59 Å². The van der Waals surface area contributed by atoms with E-state index >= 15 is 0 Å². The van der Waals surface area contributed by atoms with E-state index in [2.05, 4.69) is 4.98 Å². The fraction of sp³-hybridized carbons (Fsp3) is 0.400. The Labute approximate surface area is 158 Å². The molecule has 2 amide bonds. The first-order valence-electron chi connectivity index (χ1n) is 8.99. The zero-order valence-electron chi connectivity index (χ0n) is 15.7. The molecule has 0 spiro atoms. The van der Waals surface area contributed by atoms with E-state index in [4.69, 9.17) is 9.47 Å². The zero-order chi connectivity index (χ0) is 19.2. The summed E-state index contributed by atoms with van der Waals surface area (Å²) in [4.78, 5) is 31.6. The second-order valence-corrected chi connectivity index (χ2v) is 6.51. The molecule has 0 aliphatic carbocycles. The van der Waals surface area contributed by atoms with Crippen molar-refractivity contribution < 1.29 is 19.1 Å². The predicted molar refractivity (Wildman–Crippen MR) is 101 cm³/mol. The summed E-state index contributed by atoms with van der Waals surface area (Å²) in [6.45, 7) is 2.23. The van der Waals surface area contributed by atoms with Gasteiger partial charge in [0.1, 0.15) is 11.5 Å². The highest BCUT2D eigenvalue weighted by atomic mass is 16.5. The normalized spacial score (nSPS) is 14.1. The Morgan fingerprint density at radius 1 is 0.963 bits per heavy atom. The van der Waals surface area contributed by atoms with Crippen molar-refractivity contribution in [2.75, 3.05) is 40.4 Å². The maximum Gasteiger partial charge on any atom is 0.227 e. The van der Waals surface area contributed by atoms with Crippen molar-refractivity contribution in [2.45, 2.75) is 12.8 Å². The molecule has 0 atom stereocenters. The summed E-state index contributed by atoms with van der Waals surface area (Å²) < 4.78 is 10.6. The van der Waals surface area contributed by atoms with Crippen LogP contribution in [0.4, 0.5) is 0 Å². The molecule has 1 aromatic heterocycles. The highest BCUT2D eigenvalue weighted by Crippen LogP contribution is 2.25. The zero-order valence-corrected chi connectivity index (χ0v) is 15.7. The van der Waals surface area contributed by atoms with E-state index in [-0.39, 0.29) is 18.2 Å². The Kier molecular flexibility index (Phi) is 6.01. The van der Waals surface area contributed by atoms with E-state index in [0.29, 0.717) is 44.1 Å². The lowest BCUT2D eigenvalue weighted by atomic mass is 10.1. The standard InChI is InChI=1S/C20H25N3O4/c1-26-17-4-3-16(18(13-17)27-2)12-20(25)23-9-7-22(8-10-23)19(24)11-15-5-6-21-14-15/h3-6,13-14,21H,7-12H2,1-2H3. The van der Waals surface area contributed by atoms with Gasteiger partial charge in [-0.1, -0.05) is 6.07 Å². The number of methoxy groups -OCH3 is 2. The molecule has 7 heteroatoms. The van der Waals surface area contributed by atoms with Gasteiger partial charge in [-0.05, 0) is 17.7 Å². The molecule has 1 aliphatic rings. The summed E-state index contributed by atoms with van der Waals surface area (Å²) in [6, 6.07) is 7.36. The fourth-order valence-corrected chi connectivity index (χ4v) is 3.23. The van der Waals surface area contributed by atoms with Crippen LogP contribution in [0.1, 0.15) is 11.1 Å². The summed E-state index contributed by atoms with van der Waals surface area (Å²) in [5, 5.41) is 0. The second kappa shape index (κ2) is 8.62. The van der Waals surface area contributed by atoms with E-state index in [1.165, 1.54) is 0 Å². The molecule has 3 rings (SSSR count). The molecule has 144 valence electrons. The molecule has 1 N–H and O–H groups in total. The first-order valence-corrected chi connectivity index (χ1v) is 8.99. The third-order valence-electron chi connectivity index (χ3n) is 4.84. The maximum atomic E-state index is 12.7. The minimum absolute atomic E-state index is 0.0381. The number of carbonyl (C=O) groups excluding carboxylic acids is 2. The van der Waals surface area contributed by atoms with E-state index in [1.807, 2.05) is 40.4 Å². The number of aromatic amines is 1. The molecule has 7 nitrogen and oxygen atoms in total. The molecule has 2 aromatic rings. The number of nitrogens with one attached hydrogen (secondary N) is 1. The van der Waals surface area contributed by atoms with Crippen LogP contribution in [0, 0.1) is 0 Å². The number of amides is 2. The molecule has 1 aromatic carbocycles. The quantitative estimate of drug-likeness (QED) is 0.835. The average molecular weight is 371 g/mol. The topological polar surface area (TPSA) is 74.9 Å². The van der Waals surface area contributed by atoms with Crippen LogP contribution in [0.3, 0.4) is 0 Å². The molecular formula is C20H25N3O4. The summed E-state index contributed by atoms with van der Waals surface area (Å²) >= 11 is 0. The third kappa shape index (κ3) is 4.61. The molecular weight excluding hydrogens is 346 g/mol. The van der Waals surface area contributed by atoms with Gasteiger partial charge in [-0.2, -0.15) is 0 Å². The van der Waals surface area contributed by atoms with E-state index in [9.17, 15) is 9.59 Å². The lowest BCUT2D eigenvalue weighted by Crippen LogP contribution is -2.51. The lowest BCUT2D eigenvalue weighted by molar-refractivity contribution is -0.138. The molecule has 0 unspecified atom stereocenters. The van der Waals surface area contributed by atoms with Crippen molar-refractivity contribution in [3.8, 4) is 11.5 Å². The molecule has 0 saturated carbocycles. The van der Waals surface area contributed by atoms with Crippen molar-refractivity contribution in [2.24, 2.45) is 0 Å². The Hall–Kier alpha value is -2.96. The van der Waals surface area contributed by atoms with Crippen LogP contribution in [-0.4, -0.2) is 67.0 Å². The Morgan fingerprint density at radius 3 is 2.19 bits per heavy atom. The smallest absolute Gasteiger partial charge is 0.227 e. The third-order valence-corrected chi connectivity index (χ3v) is 4.84. The van der Waals surface area contributed by atoms with Crippen LogP contribution in [0.5, 0.6) is 11.5 Å². The van der Waals surface area contributed by atoms with Gasteiger partial charge in [0.25, 0.3) is 0 Å². The van der Waals surface area contributed by atoms with Gasteiger partial charge in [0.15, 0.2) is 0 Å². The maximum absolute atomic E-state index is 12.7. The van der Waals surface area contributed by atoms with Crippen LogP contribution in [-0.2, 0) is 22.4 Å². The predicted octanol–water partition coefficient (Wildman–Crippen LogP) is 1.49. The largest absolute Gasteiger partial charge is 0.497 e. The SMILES string of the molecule is COc1ccc(CC(=O)N2CCN(C(=O)Cc3cc[nH]c3)CC2)c(OC)c1. The fourth-order valence-electron chi connectivity index (χ4n) is 3.23. The van der Waals surface area contributed by atoms with E-state index in [1.54, 1.807) is 20.3 Å². The van der Waals surface area contributed by atoms with Crippen LogP contribution in [0.2, 0.25) is 0 Å². The van der Waals surface area contributed by atoms with Crippen LogP contribution >= 0.6 is 0 Å². The summed E-state index contributed by atoms with van der Waals surface area (Å²) in [6.07, 6.45) is 4.30. The number of nitrogens with zero attached hydrogens (tertiary/aromatic N) is 2. The van der Waals surface area contributed by atoms with Gasteiger partial charge in [0.2, 0.25) is 11.8 Å². The summed E-state index contributed by atoms with van der Waals surface area (Å²) in [5.74, 6) is 1.47. The monoisotopic (exact) mass is 371 g/mol. The number of ether oxygens (including phenoxy) is 2. The number of hydrogen-bond donors (Lipinski definition) is 1.